The number of ether oxygens (including phenoxy) is 1. The van der Waals surface area contributed by atoms with Crippen LogP contribution >= 0.6 is 15.9 Å². The topological polar surface area (TPSA) is 72.7 Å². The van der Waals surface area contributed by atoms with Crippen molar-refractivity contribution in [3.05, 3.63) is 64.1 Å². The van der Waals surface area contributed by atoms with E-state index < -0.39 is 17.7 Å². The van der Waals surface area contributed by atoms with E-state index in [0.29, 0.717) is 22.7 Å². The van der Waals surface area contributed by atoms with Gasteiger partial charge in [0.1, 0.15) is 17.3 Å². The number of benzene rings is 1. The molecule has 0 spiro atoms. The summed E-state index contributed by atoms with van der Waals surface area (Å²) in [6.45, 7) is 1.98. The standard InChI is InChI=1S/C18H15BrFN3O3/c1-2-26-16(24)9-14-17(23-10-12(19)5-8-15(23)21-14)22-18(25)11-3-6-13(20)7-4-11/h3-8,10H,2,9H2,1H3,(H,22,25). The molecule has 1 aromatic carbocycles. The fourth-order valence-corrected chi connectivity index (χ4v) is 2.79. The smallest absolute Gasteiger partial charge is 0.312 e. The lowest BCUT2D eigenvalue weighted by molar-refractivity contribution is -0.142. The fourth-order valence-electron chi connectivity index (χ4n) is 2.45. The lowest BCUT2D eigenvalue weighted by Gasteiger charge is -2.08. The molecule has 0 fully saturated rings. The molecule has 6 nitrogen and oxygen atoms in total. The first-order valence-corrected chi connectivity index (χ1v) is 8.66. The molecule has 134 valence electrons. The number of hydrogen-bond donors (Lipinski definition) is 1. The summed E-state index contributed by atoms with van der Waals surface area (Å²) in [5, 5.41) is 2.75. The number of nitrogens with zero attached hydrogens (tertiary/aromatic N) is 2. The summed E-state index contributed by atoms with van der Waals surface area (Å²) in [6.07, 6.45) is 1.66. The Morgan fingerprint density at radius 3 is 2.65 bits per heavy atom. The first kappa shape index (κ1) is 18.1. The van der Waals surface area contributed by atoms with E-state index in [-0.39, 0.29) is 13.0 Å². The lowest BCUT2D eigenvalue weighted by atomic mass is 10.2. The number of pyridine rings is 1. The number of amides is 1. The zero-order valence-electron chi connectivity index (χ0n) is 13.8. The van der Waals surface area contributed by atoms with Gasteiger partial charge in [-0.15, -0.1) is 0 Å². The van der Waals surface area contributed by atoms with E-state index in [2.05, 4.69) is 26.2 Å². The number of carbonyl (C=O) groups is 2. The molecule has 1 amide bonds. The Labute approximate surface area is 157 Å². The second kappa shape index (κ2) is 7.65. The molecule has 3 rings (SSSR count). The van der Waals surface area contributed by atoms with Crippen LogP contribution in [0.1, 0.15) is 23.0 Å². The molecular formula is C18H15BrFN3O3. The van der Waals surface area contributed by atoms with Crippen LogP contribution in [0.25, 0.3) is 5.65 Å². The SMILES string of the molecule is CCOC(=O)Cc1nc2ccc(Br)cn2c1NC(=O)c1ccc(F)cc1. The molecule has 0 aliphatic carbocycles. The van der Waals surface area contributed by atoms with Crippen molar-refractivity contribution in [2.24, 2.45) is 0 Å². The van der Waals surface area contributed by atoms with Gasteiger partial charge in [-0.05, 0) is 59.3 Å². The Balaban J connectivity index is 1.98. The molecule has 0 aliphatic heterocycles. The van der Waals surface area contributed by atoms with Gasteiger partial charge in [-0.2, -0.15) is 0 Å². The average Bonchev–Trinajstić information content (AvgIpc) is 2.92. The monoisotopic (exact) mass is 419 g/mol. The van der Waals surface area contributed by atoms with Crippen molar-refractivity contribution >= 4 is 39.3 Å². The zero-order chi connectivity index (χ0) is 18.7. The Hall–Kier alpha value is -2.74. The van der Waals surface area contributed by atoms with Crippen LogP contribution in [0.4, 0.5) is 10.2 Å². The van der Waals surface area contributed by atoms with Crippen LogP contribution in [-0.4, -0.2) is 27.9 Å². The zero-order valence-corrected chi connectivity index (χ0v) is 15.4. The maximum atomic E-state index is 13.1. The number of anilines is 1. The molecule has 0 radical (unpaired) electrons. The molecule has 1 N–H and O–H groups in total. The highest BCUT2D eigenvalue weighted by molar-refractivity contribution is 9.10. The summed E-state index contributed by atoms with van der Waals surface area (Å²) in [6, 6.07) is 8.75. The fraction of sp³-hybridized carbons (Fsp3) is 0.167. The summed E-state index contributed by atoms with van der Waals surface area (Å²) in [5.41, 5.74) is 1.25. The van der Waals surface area contributed by atoms with E-state index in [0.717, 1.165) is 4.47 Å². The molecule has 2 aromatic heterocycles. The number of rotatable bonds is 5. The number of aromatic nitrogens is 2. The number of nitrogens with one attached hydrogen (secondary N) is 1. The van der Waals surface area contributed by atoms with E-state index in [9.17, 15) is 14.0 Å². The van der Waals surface area contributed by atoms with Gasteiger partial charge in [0, 0.05) is 16.2 Å². The number of hydrogen-bond acceptors (Lipinski definition) is 4. The van der Waals surface area contributed by atoms with Gasteiger partial charge in [-0.1, -0.05) is 0 Å². The number of carbonyl (C=O) groups excluding carboxylic acids is 2. The normalized spacial score (nSPS) is 10.7. The molecule has 0 aliphatic rings. The summed E-state index contributed by atoms with van der Waals surface area (Å²) >= 11 is 3.38. The molecule has 0 unspecified atom stereocenters. The molecule has 2 heterocycles. The number of esters is 1. The van der Waals surface area contributed by atoms with Crippen LogP contribution in [0.2, 0.25) is 0 Å². The third kappa shape index (κ3) is 3.91. The summed E-state index contributed by atoms with van der Waals surface area (Å²) < 4.78 is 20.5. The highest BCUT2D eigenvalue weighted by atomic mass is 79.9. The Morgan fingerprint density at radius 1 is 1.23 bits per heavy atom. The highest BCUT2D eigenvalue weighted by Crippen LogP contribution is 2.23. The number of fused-ring (bicyclic) bond motifs is 1. The van der Waals surface area contributed by atoms with Crippen molar-refractivity contribution in [3.8, 4) is 0 Å². The van der Waals surface area contributed by atoms with Crippen molar-refractivity contribution < 1.29 is 18.7 Å². The predicted molar refractivity (Wildman–Crippen MR) is 97.6 cm³/mol. The van der Waals surface area contributed by atoms with Crippen LogP contribution in [-0.2, 0) is 16.0 Å². The van der Waals surface area contributed by atoms with Gasteiger partial charge in [0.25, 0.3) is 5.91 Å². The van der Waals surface area contributed by atoms with Crippen LogP contribution in [0.3, 0.4) is 0 Å². The van der Waals surface area contributed by atoms with E-state index >= 15 is 0 Å². The molecule has 3 aromatic rings. The molecule has 8 heteroatoms. The predicted octanol–water partition coefficient (Wildman–Crippen LogP) is 3.59. The van der Waals surface area contributed by atoms with Crippen LogP contribution in [0, 0.1) is 5.82 Å². The Kier molecular flexibility index (Phi) is 5.32. The first-order valence-electron chi connectivity index (χ1n) is 7.87. The third-order valence-corrected chi connectivity index (χ3v) is 4.08. The van der Waals surface area contributed by atoms with Crippen molar-refractivity contribution in [2.45, 2.75) is 13.3 Å². The van der Waals surface area contributed by atoms with Crippen molar-refractivity contribution in [2.75, 3.05) is 11.9 Å². The van der Waals surface area contributed by atoms with Gasteiger partial charge < -0.3 is 10.1 Å². The second-order valence-corrected chi connectivity index (χ2v) is 6.34. The molecule has 26 heavy (non-hydrogen) atoms. The van der Waals surface area contributed by atoms with Gasteiger partial charge in [0.15, 0.2) is 0 Å². The lowest BCUT2D eigenvalue weighted by Crippen LogP contribution is -2.16. The molecular weight excluding hydrogens is 405 g/mol. The van der Waals surface area contributed by atoms with Crippen LogP contribution in [0.5, 0.6) is 0 Å². The van der Waals surface area contributed by atoms with E-state index in [1.807, 2.05) is 6.07 Å². The highest BCUT2D eigenvalue weighted by Gasteiger charge is 2.19. The van der Waals surface area contributed by atoms with Crippen molar-refractivity contribution in [3.63, 3.8) is 0 Å². The minimum absolute atomic E-state index is 0.0772. The summed E-state index contributed by atoms with van der Waals surface area (Å²) in [7, 11) is 0. The molecule has 0 saturated carbocycles. The van der Waals surface area contributed by atoms with E-state index in [4.69, 9.17) is 4.74 Å². The maximum absolute atomic E-state index is 13.1. The van der Waals surface area contributed by atoms with Gasteiger partial charge in [0.05, 0.1) is 18.7 Å². The van der Waals surface area contributed by atoms with Crippen molar-refractivity contribution in [1.29, 1.82) is 0 Å². The largest absolute Gasteiger partial charge is 0.466 e. The van der Waals surface area contributed by atoms with Crippen LogP contribution < -0.4 is 5.32 Å². The average molecular weight is 420 g/mol. The number of halogens is 2. The van der Waals surface area contributed by atoms with E-state index in [1.165, 1.54) is 24.3 Å². The van der Waals surface area contributed by atoms with Gasteiger partial charge in [-0.25, -0.2) is 9.37 Å². The van der Waals surface area contributed by atoms with Gasteiger partial charge in [-0.3, -0.25) is 14.0 Å². The van der Waals surface area contributed by atoms with Crippen LogP contribution in [0.15, 0.2) is 47.1 Å². The van der Waals surface area contributed by atoms with E-state index in [1.54, 1.807) is 23.6 Å². The Morgan fingerprint density at radius 2 is 1.96 bits per heavy atom. The summed E-state index contributed by atoms with van der Waals surface area (Å²) in [5.74, 6) is -0.934. The summed E-state index contributed by atoms with van der Waals surface area (Å²) in [4.78, 5) is 28.8. The minimum Gasteiger partial charge on any atom is -0.466 e. The minimum atomic E-state index is -0.438. The molecule has 0 saturated heterocycles. The second-order valence-electron chi connectivity index (χ2n) is 5.43. The maximum Gasteiger partial charge on any atom is 0.312 e. The number of imidazole rings is 1. The first-order chi connectivity index (χ1) is 12.5. The third-order valence-electron chi connectivity index (χ3n) is 3.61. The van der Waals surface area contributed by atoms with Gasteiger partial charge in [0.2, 0.25) is 0 Å². The molecule has 0 bridgehead atoms. The quantitative estimate of drug-likeness (QED) is 0.641. The van der Waals surface area contributed by atoms with Gasteiger partial charge >= 0.3 is 5.97 Å². The Bertz CT molecular complexity index is 970. The molecule has 0 atom stereocenters. The van der Waals surface area contributed by atoms with Crippen molar-refractivity contribution in [1.82, 2.24) is 9.38 Å².